The standard InChI is InChI=1S/C31H32ClN3O4/c1-17(2)30(34)31(37)39-16-35-14-26(24-9-7-20(12-27(24)35)19-4-5-19)28(36)15-38-29-13-21-6-8-23(32)10-22(21)11-25(29)18(3)33/h6-14,17,19,30H,3-5,15-16,33-34H2,1-2H3/t30-/m0/s1. The molecule has 0 saturated heterocycles. The highest BCUT2D eigenvalue weighted by atomic mass is 35.5. The monoisotopic (exact) mass is 545 g/mol. The fraction of sp³-hybridized carbons (Fsp3) is 0.290. The van der Waals surface area contributed by atoms with E-state index < -0.39 is 12.0 Å². The van der Waals surface area contributed by atoms with Crippen molar-refractivity contribution in [3.05, 3.63) is 83.0 Å². The van der Waals surface area contributed by atoms with Crippen LogP contribution in [0.1, 0.15) is 54.1 Å². The van der Waals surface area contributed by atoms with Gasteiger partial charge in [0.25, 0.3) is 0 Å². The molecule has 1 saturated carbocycles. The van der Waals surface area contributed by atoms with Gasteiger partial charge in [0, 0.05) is 33.4 Å². The van der Waals surface area contributed by atoms with Crippen LogP contribution in [0, 0.1) is 5.92 Å². The second-order valence-electron chi connectivity index (χ2n) is 10.5. The number of hydrogen-bond donors (Lipinski definition) is 2. The van der Waals surface area contributed by atoms with Crippen LogP contribution in [0.4, 0.5) is 0 Å². The average Bonchev–Trinajstić information content (AvgIpc) is 3.70. The summed E-state index contributed by atoms with van der Waals surface area (Å²) in [5.41, 5.74) is 15.4. The molecule has 1 aliphatic carbocycles. The molecule has 8 heteroatoms. The van der Waals surface area contributed by atoms with E-state index in [9.17, 15) is 9.59 Å². The lowest BCUT2D eigenvalue weighted by atomic mass is 10.0. The maximum absolute atomic E-state index is 13.5. The Morgan fingerprint density at radius 1 is 1.08 bits per heavy atom. The van der Waals surface area contributed by atoms with Crippen molar-refractivity contribution in [3.8, 4) is 5.75 Å². The Hall–Kier alpha value is -3.81. The van der Waals surface area contributed by atoms with Crippen LogP contribution in [0.3, 0.4) is 0 Å². The van der Waals surface area contributed by atoms with Crippen molar-refractivity contribution in [2.24, 2.45) is 17.4 Å². The van der Waals surface area contributed by atoms with Crippen LogP contribution in [-0.4, -0.2) is 29.0 Å². The van der Waals surface area contributed by atoms with Crippen LogP contribution in [0.5, 0.6) is 5.75 Å². The first-order valence-electron chi connectivity index (χ1n) is 13.0. The molecule has 39 heavy (non-hydrogen) atoms. The Morgan fingerprint density at radius 3 is 2.54 bits per heavy atom. The molecule has 0 aliphatic heterocycles. The number of fused-ring (bicyclic) bond motifs is 2. The number of aromatic nitrogens is 1. The number of carbonyl (C=O) groups excluding carboxylic acids is 2. The number of nitrogens with two attached hydrogens (primary N) is 2. The van der Waals surface area contributed by atoms with E-state index in [1.54, 1.807) is 16.8 Å². The third kappa shape index (κ3) is 5.65. The quantitative estimate of drug-likeness (QED) is 0.187. The highest BCUT2D eigenvalue weighted by Crippen LogP contribution is 2.41. The SMILES string of the molecule is C=C(N)c1cc2cc(Cl)ccc2cc1OCC(=O)c1cn(COC(=O)[C@@H](N)C(C)C)c2cc(C3CC3)ccc12. The lowest BCUT2D eigenvalue weighted by Crippen LogP contribution is -2.37. The molecular weight excluding hydrogens is 514 g/mol. The van der Waals surface area contributed by atoms with Gasteiger partial charge in [-0.2, -0.15) is 0 Å². The second-order valence-corrected chi connectivity index (χ2v) is 10.9. The third-order valence-corrected chi connectivity index (χ3v) is 7.43. The minimum Gasteiger partial charge on any atom is -0.485 e. The smallest absolute Gasteiger partial charge is 0.324 e. The normalized spacial score (nSPS) is 14.1. The summed E-state index contributed by atoms with van der Waals surface area (Å²) in [7, 11) is 0. The highest BCUT2D eigenvalue weighted by molar-refractivity contribution is 6.31. The van der Waals surface area contributed by atoms with E-state index in [2.05, 4.69) is 18.7 Å². The second kappa shape index (κ2) is 10.8. The van der Waals surface area contributed by atoms with Crippen LogP contribution in [-0.2, 0) is 16.3 Å². The van der Waals surface area contributed by atoms with Crippen molar-refractivity contribution in [2.45, 2.75) is 45.4 Å². The van der Waals surface area contributed by atoms with Crippen LogP contribution in [0.25, 0.3) is 27.4 Å². The van der Waals surface area contributed by atoms with Gasteiger partial charge < -0.3 is 25.5 Å². The molecule has 5 rings (SSSR count). The van der Waals surface area contributed by atoms with E-state index in [0.717, 1.165) is 34.5 Å². The number of halogens is 1. The molecule has 3 aromatic carbocycles. The van der Waals surface area contributed by atoms with Gasteiger partial charge in [-0.3, -0.25) is 9.59 Å². The van der Waals surface area contributed by atoms with E-state index in [0.29, 0.717) is 33.5 Å². The number of ketones is 1. The molecule has 4 N–H and O–H groups in total. The number of nitrogens with zero attached hydrogens (tertiary/aromatic N) is 1. The zero-order chi connectivity index (χ0) is 27.8. The number of rotatable bonds is 10. The summed E-state index contributed by atoms with van der Waals surface area (Å²) in [6, 6.07) is 14.6. The molecule has 1 fully saturated rings. The molecule has 0 spiro atoms. The van der Waals surface area contributed by atoms with Crippen molar-refractivity contribution in [2.75, 3.05) is 6.61 Å². The number of Topliss-reactive ketones (excluding diaryl/α,β-unsaturated/α-hetero) is 1. The molecule has 0 amide bonds. The van der Waals surface area contributed by atoms with E-state index in [1.165, 1.54) is 5.56 Å². The third-order valence-electron chi connectivity index (χ3n) is 7.20. The molecule has 0 radical (unpaired) electrons. The van der Waals surface area contributed by atoms with Gasteiger partial charge in [0.1, 0.15) is 11.8 Å². The molecule has 1 heterocycles. The van der Waals surface area contributed by atoms with Crippen molar-refractivity contribution in [1.82, 2.24) is 4.57 Å². The predicted molar refractivity (Wildman–Crippen MR) is 155 cm³/mol. The van der Waals surface area contributed by atoms with Gasteiger partial charge in [-0.25, -0.2) is 0 Å². The van der Waals surface area contributed by atoms with Crippen LogP contribution in [0.15, 0.2) is 61.3 Å². The Kier molecular flexibility index (Phi) is 7.38. The van der Waals surface area contributed by atoms with Gasteiger partial charge in [-0.1, -0.05) is 50.2 Å². The van der Waals surface area contributed by atoms with Crippen LogP contribution < -0.4 is 16.2 Å². The van der Waals surface area contributed by atoms with E-state index in [4.69, 9.17) is 32.5 Å². The lowest BCUT2D eigenvalue weighted by molar-refractivity contribution is -0.150. The number of benzene rings is 3. The van der Waals surface area contributed by atoms with E-state index >= 15 is 0 Å². The van der Waals surface area contributed by atoms with Gasteiger partial charge in [0.2, 0.25) is 5.78 Å². The minimum atomic E-state index is -0.715. The highest BCUT2D eigenvalue weighted by Gasteiger charge is 2.26. The van der Waals surface area contributed by atoms with E-state index in [-0.39, 0.29) is 25.0 Å². The summed E-state index contributed by atoms with van der Waals surface area (Å²) in [5.74, 6) is 0.252. The van der Waals surface area contributed by atoms with Crippen molar-refractivity contribution in [1.29, 1.82) is 0 Å². The zero-order valence-corrected chi connectivity index (χ0v) is 22.8. The predicted octanol–water partition coefficient (Wildman–Crippen LogP) is 6.00. The number of ether oxygens (including phenoxy) is 2. The Labute approximate surface area is 232 Å². The maximum atomic E-state index is 13.5. The summed E-state index contributed by atoms with van der Waals surface area (Å²) in [5, 5.41) is 3.17. The molecule has 202 valence electrons. The van der Waals surface area contributed by atoms with E-state index in [1.807, 2.05) is 44.2 Å². The molecule has 0 unspecified atom stereocenters. The van der Waals surface area contributed by atoms with Gasteiger partial charge >= 0.3 is 5.97 Å². The summed E-state index contributed by atoms with van der Waals surface area (Å²) >= 11 is 6.14. The molecule has 0 bridgehead atoms. The molecule has 1 aliphatic rings. The first-order valence-corrected chi connectivity index (χ1v) is 13.4. The number of esters is 1. The summed E-state index contributed by atoms with van der Waals surface area (Å²) in [4.78, 5) is 25.9. The van der Waals surface area contributed by atoms with Crippen LogP contribution in [0.2, 0.25) is 5.02 Å². The fourth-order valence-electron chi connectivity index (χ4n) is 4.65. The lowest BCUT2D eigenvalue weighted by Gasteiger charge is -2.15. The number of carbonyl (C=O) groups is 2. The molecule has 7 nitrogen and oxygen atoms in total. The number of hydrogen-bond acceptors (Lipinski definition) is 6. The zero-order valence-electron chi connectivity index (χ0n) is 22.1. The largest absolute Gasteiger partial charge is 0.485 e. The van der Waals surface area contributed by atoms with Crippen molar-refractivity contribution >= 4 is 50.7 Å². The van der Waals surface area contributed by atoms with Crippen molar-refractivity contribution < 1.29 is 19.1 Å². The van der Waals surface area contributed by atoms with Gasteiger partial charge in [-0.05, 0) is 71.3 Å². The first-order chi connectivity index (χ1) is 18.6. The molecule has 4 aromatic rings. The van der Waals surface area contributed by atoms with Crippen molar-refractivity contribution in [3.63, 3.8) is 0 Å². The van der Waals surface area contributed by atoms with Gasteiger partial charge in [-0.15, -0.1) is 0 Å². The molecule has 1 aromatic heterocycles. The Bertz CT molecular complexity index is 1600. The first kappa shape index (κ1) is 26.8. The summed E-state index contributed by atoms with van der Waals surface area (Å²) in [6.45, 7) is 7.34. The Balaban J connectivity index is 1.42. The molecule has 1 atom stereocenters. The summed E-state index contributed by atoms with van der Waals surface area (Å²) in [6.07, 6.45) is 4.01. The molecular formula is C31H32ClN3O4. The average molecular weight is 546 g/mol. The fourth-order valence-corrected chi connectivity index (χ4v) is 4.83. The van der Waals surface area contributed by atoms with Gasteiger partial charge in [0.15, 0.2) is 13.3 Å². The Morgan fingerprint density at radius 2 is 1.85 bits per heavy atom. The maximum Gasteiger partial charge on any atom is 0.324 e. The minimum absolute atomic E-state index is 0.0393. The van der Waals surface area contributed by atoms with Crippen LogP contribution >= 0.6 is 11.6 Å². The van der Waals surface area contributed by atoms with Gasteiger partial charge in [0.05, 0.1) is 5.52 Å². The summed E-state index contributed by atoms with van der Waals surface area (Å²) < 4.78 is 13.3. The topological polar surface area (TPSA) is 110 Å².